The highest BCUT2D eigenvalue weighted by Crippen LogP contribution is 2.42. The zero-order valence-electron chi connectivity index (χ0n) is 15.3. The number of nitrogens with zero attached hydrogens (tertiary/aromatic N) is 3. The Hall–Kier alpha value is -1.70. The Morgan fingerprint density at radius 2 is 2.04 bits per heavy atom. The summed E-state index contributed by atoms with van der Waals surface area (Å²) >= 11 is 0. The minimum absolute atomic E-state index is 0.307. The zero-order chi connectivity index (χ0) is 18.3. The molecule has 6 nitrogen and oxygen atoms in total. The second kappa shape index (κ2) is 6.79. The van der Waals surface area contributed by atoms with Crippen LogP contribution in [-0.4, -0.2) is 55.0 Å². The fourth-order valence-corrected chi connectivity index (χ4v) is 5.01. The van der Waals surface area contributed by atoms with Crippen LogP contribution in [0.1, 0.15) is 24.5 Å². The predicted octanol–water partition coefficient (Wildman–Crippen LogP) is 1.81. The number of aryl methyl sites for hydroxylation is 1. The number of aromatic nitrogens is 2. The molecule has 2 bridgehead atoms. The van der Waals surface area contributed by atoms with Crippen molar-refractivity contribution in [1.29, 1.82) is 0 Å². The van der Waals surface area contributed by atoms with Crippen LogP contribution < -0.4 is 4.72 Å². The summed E-state index contributed by atoms with van der Waals surface area (Å²) in [5.41, 5.74) is 3.45. The van der Waals surface area contributed by atoms with Crippen LogP contribution in [0.25, 0.3) is 11.3 Å². The fraction of sp³-hybridized carbons (Fsp3) is 0.526. The average Bonchev–Trinajstić information content (AvgIpc) is 3.02. The standard InChI is InChI=1S/C19H26N4O2S/c1-22-19(11-18(21-22)14-6-4-3-5-7-14)17-13-23-9-8-15(17)10-16(23)12-20-26(2,24)25/h3-7,11,15-17,20H,8-10,12-13H2,1-2H3/t15-,16+,17-/m0/s1. The van der Waals surface area contributed by atoms with Crippen molar-refractivity contribution < 1.29 is 8.42 Å². The molecular formula is C19H26N4O2S. The van der Waals surface area contributed by atoms with Gasteiger partial charge in [-0.25, -0.2) is 13.1 Å². The molecule has 3 saturated heterocycles. The van der Waals surface area contributed by atoms with Gasteiger partial charge >= 0.3 is 0 Å². The van der Waals surface area contributed by atoms with E-state index in [-0.39, 0.29) is 0 Å². The first-order valence-corrected chi connectivity index (χ1v) is 11.1. The molecule has 0 spiro atoms. The normalized spacial score (nSPS) is 28.4. The van der Waals surface area contributed by atoms with E-state index in [2.05, 4.69) is 27.8 Å². The monoisotopic (exact) mass is 374 g/mol. The SMILES string of the molecule is Cn1nc(-c2ccccc2)cc1[C@H]1CN2CC[C@H]1C[C@@H]2CNS(C)(=O)=O. The molecule has 1 unspecified atom stereocenters. The molecule has 1 aromatic heterocycles. The maximum Gasteiger partial charge on any atom is 0.208 e. The van der Waals surface area contributed by atoms with Crippen LogP contribution in [0.2, 0.25) is 0 Å². The van der Waals surface area contributed by atoms with E-state index in [0.717, 1.165) is 30.8 Å². The number of rotatable bonds is 5. The number of hydrogen-bond donors (Lipinski definition) is 1. The molecule has 0 saturated carbocycles. The van der Waals surface area contributed by atoms with Crippen molar-refractivity contribution in [1.82, 2.24) is 19.4 Å². The molecule has 0 amide bonds. The molecule has 1 N–H and O–H groups in total. The quantitative estimate of drug-likeness (QED) is 0.867. The fourth-order valence-electron chi connectivity index (χ4n) is 4.51. The van der Waals surface area contributed by atoms with E-state index in [1.54, 1.807) is 0 Å². The Bertz CT molecular complexity index is 878. The third-order valence-corrected chi connectivity index (χ3v) is 6.52. The highest BCUT2D eigenvalue weighted by Gasteiger charge is 2.41. The van der Waals surface area contributed by atoms with Crippen LogP contribution in [0.3, 0.4) is 0 Å². The smallest absolute Gasteiger partial charge is 0.208 e. The Morgan fingerprint density at radius 3 is 2.69 bits per heavy atom. The molecule has 0 aliphatic carbocycles. The predicted molar refractivity (Wildman–Crippen MR) is 102 cm³/mol. The van der Waals surface area contributed by atoms with Crippen LogP contribution in [0.5, 0.6) is 0 Å². The summed E-state index contributed by atoms with van der Waals surface area (Å²) in [6.07, 6.45) is 3.44. The second-order valence-electron chi connectivity index (χ2n) is 7.60. The van der Waals surface area contributed by atoms with Gasteiger partial charge in [-0.1, -0.05) is 30.3 Å². The largest absolute Gasteiger partial charge is 0.298 e. The number of sulfonamides is 1. The summed E-state index contributed by atoms with van der Waals surface area (Å²) in [4.78, 5) is 2.44. The maximum absolute atomic E-state index is 11.4. The van der Waals surface area contributed by atoms with E-state index < -0.39 is 10.0 Å². The average molecular weight is 375 g/mol. The van der Waals surface area contributed by atoms with Gasteiger partial charge in [0.05, 0.1) is 11.9 Å². The summed E-state index contributed by atoms with van der Waals surface area (Å²) in [5, 5.41) is 4.73. The van der Waals surface area contributed by atoms with Gasteiger partial charge in [-0.15, -0.1) is 0 Å². The van der Waals surface area contributed by atoms with Crippen LogP contribution in [0.15, 0.2) is 36.4 Å². The molecule has 5 rings (SSSR count). The summed E-state index contributed by atoms with van der Waals surface area (Å²) in [7, 11) is -1.10. The van der Waals surface area contributed by atoms with Crippen molar-refractivity contribution in [3.63, 3.8) is 0 Å². The van der Waals surface area contributed by atoms with E-state index in [0.29, 0.717) is 24.4 Å². The van der Waals surface area contributed by atoms with Gasteiger partial charge in [-0.05, 0) is 31.4 Å². The Labute approximate surface area is 155 Å². The van der Waals surface area contributed by atoms with Gasteiger partial charge in [0.2, 0.25) is 10.0 Å². The molecule has 0 radical (unpaired) electrons. The topological polar surface area (TPSA) is 67.2 Å². The molecule has 4 heterocycles. The van der Waals surface area contributed by atoms with Gasteiger partial charge in [-0.3, -0.25) is 9.58 Å². The lowest BCUT2D eigenvalue weighted by Gasteiger charge is -2.49. The number of piperidine rings is 3. The van der Waals surface area contributed by atoms with Crippen molar-refractivity contribution in [3.8, 4) is 11.3 Å². The van der Waals surface area contributed by atoms with Crippen LogP contribution in [-0.2, 0) is 17.1 Å². The number of benzene rings is 1. The van der Waals surface area contributed by atoms with Gasteiger partial charge in [0.1, 0.15) is 0 Å². The Kier molecular flexibility index (Phi) is 4.62. The van der Waals surface area contributed by atoms with Crippen molar-refractivity contribution in [2.45, 2.75) is 24.8 Å². The van der Waals surface area contributed by atoms with E-state index in [1.165, 1.54) is 18.4 Å². The molecule has 3 aliphatic rings. The summed E-state index contributed by atoms with van der Waals surface area (Å²) in [6, 6.07) is 12.8. The number of hydrogen-bond acceptors (Lipinski definition) is 4. The van der Waals surface area contributed by atoms with E-state index >= 15 is 0 Å². The lowest BCUT2D eigenvalue weighted by molar-refractivity contribution is 0.0306. The van der Waals surface area contributed by atoms with Crippen LogP contribution in [0, 0.1) is 5.92 Å². The highest BCUT2D eigenvalue weighted by atomic mass is 32.2. The van der Waals surface area contributed by atoms with Crippen LogP contribution in [0.4, 0.5) is 0 Å². The molecule has 4 atom stereocenters. The maximum atomic E-state index is 11.4. The summed E-state index contributed by atoms with van der Waals surface area (Å²) < 4.78 is 27.5. The summed E-state index contributed by atoms with van der Waals surface area (Å²) in [5.74, 6) is 1.05. The first-order chi connectivity index (χ1) is 12.4. The number of fused-ring (bicyclic) bond motifs is 3. The molecule has 7 heteroatoms. The van der Waals surface area contributed by atoms with E-state index in [4.69, 9.17) is 5.10 Å². The van der Waals surface area contributed by atoms with Crippen molar-refractivity contribution in [2.24, 2.45) is 13.0 Å². The van der Waals surface area contributed by atoms with Crippen LogP contribution >= 0.6 is 0 Å². The summed E-state index contributed by atoms with van der Waals surface area (Å²) in [6.45, 7) is 2.55. The molecular weight excluding hydrogens is 348 g/mol. The molecule has 2 aromatic rings. The number of nitrogens with one attached hydrogen (secondary N) is 1. The van der Waals surface area contributed by atoms with Gasteiger partial charge in [-0.2, -0.15) is 5.10 Å². The Morgan fingerprint density at radius 1 is 1.27 bits per heavy atom. The lowest BCUT2D eigenvalue weighted by Crippen LogP contribution is -2.56. The molecule has 3 aliphatic heterocycles. The van der Waals surface area contributed by atoms with E-state index in [1.807, 2.05) is 29.9 Å². The van der Waals surface area contributed by atoms with Gasteiger partial charge in [0.15, 0.2) is 0 Å². The molecule has 26 heavy (non-hydrogen) atoms. The third-order valence-electron chi connectivity index (χ3n) is 5.83. The molecule has 1 aromatic carbocycles. The Balaban J connectivity index is 1.51. The zero-order valence-corrected chi connectivity index (χ0v) is 16.1. The minimum Gasteiger partial charge on any atom is -0.298 e. The van der Waals surface area contributed by atoms with Gasteiger partial charge < -0.3 is 0 Å². The second-order valence-corrected chi connectivity index (χ2v) is 9.44. The van der Waals surface area contributed by atoms with Gasteiger partial charge in [0.25, 0.3) is 0 Å². The molecule has 3 fully saturated rings. The third kappa shape index (κ3) is 3.56. The molecule has 140 valence electrons. The lowest BCUT2D eigenvalue weighted by atomic mass is 9.74. The first-order valence-electron chi connectivity index (χ1n) is 9.19. The van der Waals surface area contributed by atoms with Crippen molar-refractivity contribution in [2.75, 3.05) is 25.9 Å². The minimum atomic E-state index is -3.13. The highest BCUT2D eigenvalue weighted by molar-refractivity contribution is 7.88. The van der Waals surface area contributed by atoms with Crippen molar-refractivity contribution in [3.05, 3.63) is 42.1 Å². The van der Waals surface area contributed by atoms with E-state index in [9.17, 15) is 8.42 Å². The van der Waals surface area contributed by atoms with Gasteiger partial charge in [0, 0.05) is 43.4 Å². The first kappa shape index (κ1) is 17.7. The van der Waals surface area contributed by atoms with Crippen molar-refractivity contribution >= 4 is 10.0 Å².